The van der Waals surface area contributed by atoms with Gasteiger partial charge in [0, 0.05) is 16.9 Å². The summed E-state index contributed by atoms with van der Waals surface area (Å²) in [7, 11) is 3.22. The predicted molar refractivity (Wildman–Crippen MR) is 122 cm³/mol. The fourth-order valence-corrected chi connectivity index (χ4v) is 4.74. The van der Waals surface area contributed by atoms with Gasteiger partial charge in [-0.15, -0.1) is 11.3 Å². The number of nitrogens with one attached hydrogen (secondary N) is 1. The molecule has 4 aromatic rings. The van der Waals surface area contributed by atoms with Crippen LogP contribution in [0.5, 0.6) is 11.5 Å². The Morgan fingerprint density at radius 1 is 0.967 bits per heavy atom. The Hall–Kier alpha value is -3.12. The van der Waals surface area contributed by atoms with Crippen molar-refractivity contribution < 1.29 is 9.47 Å². The summed E-state index contributed by atoms with van der Waals surface area (Å²) in [5.41, 5.74) is 5.36. The number of ether oxygens (including phenoxy) is 2. The van der Waals surface area contributed by atoms with E-state index in [-0.39, 0.29) is 5.56 Å². The fourth-order valence-electron chi connectivity index (χ4n) is 3.68. The van der Waals surface area contributed by atoms with Crippen LogP contribution in [-0.4, -0.2) is 24.2 Å². The number of methoxy groups -OCH3 is 2. The molecule has 0 aliphatic heterocycles. The van der Waals surface area contributed by atoms with Gasteiger partial charge in [-0.1, -0.05) is 24.3 Å². The summed E-state index contributed by atoms with van der Waals surface area (Å²) >= 11 is 1.56. The van der Waals surface area contributed by atoms with Crippen molar-refractivity contribution in [1.29, 1.82) is 0 Å². The highest BCUT2D eigenvalue weighted by Gasteiger charge is 2.17. The zero-order chi connectivity index (χ0) is 21.4. The Kier molecular flexibility index (Phi) is 5.35. The summed E-state index contributed by atoms with van der Waals surface area (Å²) in [6, 6.07) is 12.0. The van der Waals surface area contributed by atoms with Crippen LogP contribution in [0.2, 0.25) is 0 Å². The van der Waals surface area contributed by atoms with Gasteiger partial charge >= 0.3 is 0 Å². The van der Waals surface area contributed by atoms with Gasteiger partial charge in [0.1, 0.15) is 10.7 Å². The minimum Gasteiger partial charge on any atom is -0.493 e. The second-order valence-corrected chi connectivity index (χ2v) is 8.59. The molecule has 0 spiro atoms. The molecule has 154 valence electrons. The fraction of sp³-hybridized carbons (Fsp3) is 0.250. The predicted octanol–water partition coefficient (Wildman–Crippen LogP) is 5.18. The lowest BCUT2D eigenvalue weighted by molar-refractivity contribution is 0.354. The van der Waals surface area contributed by atoms with Crippen LogP contribution in [0.3, 0.4) is 0 Å². The van der Waals surface area contributed by atoms with Crippen molar-refractivity contribution in [3.8, 4) is 22.6 Å². The lowest BCUT2D eigenvalue weighted by Gasteiger charge is -2.09. The highest BCUT2D eigenvalue weighted by Crippen LogP contribution is 2.36. The molecule has 0 saturated carbocycles. The highest BCUT2D eigenvalue weighted by atomic mass is 32.1. The molecule has 0 amide bonds. The van der Waals surface area contributed by atoms with E-state index in [1.807, 2.05) is 25.1 Å². The summed E-state index contributed by atoms with van der Waals surface area (Å²) in [6.45, 7) is 6.23. The zero-order valence-electron chi connectivity index (χ0n) is 17.8. The van der Waals surface area contributed by atoms with Crippen molar-refractivity contribution in [2.75, 3.05) is 14.2 Å². The standard InChI is InChI=1S/C24H24N2O3S/c1-13-6-8-17(10-14(13)2)21-15(3)30-24-22(21)23(27)25-20(26-24)12-16-7-9-18(28-4)19(11-16)29-5/h6-11H,12H2,1-5H3,(H,25,26,27). The molecule has 1 N–H and O–H groups in total. The Morgan fingerprint density at radius 3 is 2.43 bits per heavy atom. The molecule has 6 heteroatoms. The van der Waals surface area contributed by atoms with Crippen LogP contribution < -0.4 is 15.0 Å². The SMILES string of the molecule is COc1ccc(Cc2nc3sc(C)c(-c4ccc(C)c(C)c4)c3c(=O)[nH]2)cc1OC. The molecule has 0 unspecified atom stereocenters. The van der Waals surface area contributed by atoms with Gasteiger partial charge in [-0.3, -0.25) is 4.79 Å². The van der Waals surface area contributed by atoms with Crippen molar-refractivity contribution in [2.45, 2.75) is 27.2 Å². The van der Waals surface area contributed by atoms with Crippen molar-refractivity contribution >= 4 is 21.6 Å². The molecule has 30 heavy (non-hydrogen) atoms. The van der Waals surface area contributed by atoms with Crippen LogP contribution in [0.15, 0.2) is 41.2 Å². The third-order valence-electron chi connectivity index (χ3n) is 5.40. The molecule has 0 aliphatic rings. The second kappa shape index (κ2) is 7.95. The number of benzene rings is 2. The number of nitrogens with zero attached hydrogens (tertiary/aromatic N) is 1. The Labute approximate surface area is 179 Å². The van der Waals surface area contributed by atoms with E-state index in [2.05, 4.69) is 37.0 Å². The summed E-state index contributed by atoms with van der Waals surface area (Å²) in [6.07, 6.45) is 0.501. The molecule has 0 fully saturated rings. The summed E-state index contributed by atoms with van der Waals surface area (Å²) < 4.78 is 10.7. The maximum absolute atomic E-state index is 13.0. The van der Waals surface area contributed by atoms with Crippen molar-refractivity contribution in [3.63, 3.8) is 0 Å². The largest absolute Gasteiger partial charge is 0.493 e. The summed E-state index contributed by atoms with van der Waals surface area (Å²) in [5, 5.41) is 0.664. The quantitative estimate of drug-likeness (QED) is 0.483. The van der Waals surface area contributed by atoms with E-state index in [4.69, 9.17) is 14.5 Å². The van der Waals surface area contributed by atoms with E-state index in [9.17, 15) is 4.79 Å². The monoisotopic (exact) mass is 420 g/mol. The summed E-state index contributed by atoms with van der Waals surface area (Å²) in [5.74, 6) is 1.96. The molecule has 0 radical (unpaired) electrons. The third-order valence-corrected chi connectivity index (χ3v) is 6.40. The maximum Gasteiger partial charge on any atom is 0.260 e. The first-order valence-electron chi connectivity index (χ1n) is 9.72. The lowest BCUT2D eigenvalue weighted by Crippen LogP contribution is -2.12. The molecular weight excluding hydrogens is 396 g/mol. The average Bonchev–Trinajstić information content (AvgIpc) is 3.06. The highest BCUT2D eigenvalue weighted by molar-refractivity contribution is 7.19. The van der Waals surface area contributed by atoms with Crippen LogP contribution in [0.4, 0.5) is 0 Å². The number of aromatic nitrogens is 2. The number of aryl methyl sites for hydroxylation is 3. The van der Waals surface area contributed by atoms with Crippen molar-refractivity contribution in [3.05, 3.63) is 74.1 Å². The first-order valence-corrected chi connectivity index (χ1v) is 10.5. The molecule has 0 saturated heterocycles. The van der Waals surface area contributed by atoms with Gasteiger partial charge in [0.05, 0.1) is 19.6 Å². The van der Waals surface area contributed by atoms with Gasteiger partial charge in [-0.25, -0.2) is 4.98 Å². The van der Waals surface area contributed by atoms with Crippen LogP contribution in [0, 0.1) is 20.8 Å². The van der Waals surface area contributed by atoms with E-state index >= 15 is 0 Å². The summed E-state index contributed by atoms with van der Waals surface area (Å²) in [4.78, 5) is 22.6. The van der Waals surface area contributed by atoms with E-state index < -0.39 is 0 Å². The number of thiophene rings is 1. The van der Waals surface area contributed by atoms with Gasteiger partial charge in [0.25, 0.3) is 5.56 Å². The van der Waals surface area contributed by atoms with E-state index in [1.165, 1.54) is 11.1 Å². The topological polar surface area (TPSA) is 64.2 Å². The van der Waals surface area contributed by atoms with Gasteiger partial charge < -0.3 is 14.5 Å². The Morgan fingerprint density at radius 2 is 1.73 bits per heavy atom. The Bertz CT molecular complexity index is 1300. The molecule has 2 heterocycles. The second-order valence-electron chi connectivity index (χ2n) is 7.39. The smallest absolute Gasteiger partial charge is 0.260 e. The van der Waals surface area contributed by atoms with Gasteiger partial charge in [-0.05, 0) is 55.2 Å². The van der Waals surface area contributed by atoms with E-state index in [1.54, 1.807) is 25.6 Å². The van der Waals surface area contributed by atoms with Crippen molar-refractivity contribution in [1.82, 2.24) is 9.97 Å². The molecule has 5 nitrogen and oxygen atoms in total. The zero-order valence-corrected chi connectivity index (χ0v) is 18.6. The van der Waals surface area contributed by atoms with E-state index in [0.29, 0.717) is 29.1 Å². The maximum atomic E-state index is 13.0. The molecule has 0 atom stereocenters. The first-order chi connectivity index (χ1) is 14.4. The van der Waals surface area contributed by atoms with Gasteiger partial charge in [0.15, 0.2) is 11.5 Å². The molecule has 2 aromatic carbocycles. The van der Waals surface area contributed by atoms with Crippen molar-refractivity contribution in [2.24, 2.45) is 0 Å². The molecule has 4 rings (SSSR count). The van der Waals surface area contributed by atoms with Crippen LogP contribution in [-0.2, 0) is 6.42 Å². The number of aromatic amines is 1. The number of hydrogen-bond donors (Lipinski definition) is 1. The van der Waals surface area contributed by atoms with Crippen LogP contribution in [0.1, 0.15) is 27.4 Å². The van der Waals surface area contributed by atoms with Gasteiger partial charge in [0.2, 0.25) is 0 Å². The van der Waals surface area contributed by atoms with E-state index in [0.717, 1.165) is 26.4 Å². The third kappa shape index (κ3) is 3.59. The first kappa shape index (κ1) is 20.2. The molecular formula is C24H24N2O3S. The number of fused-ring (bicyclic) bond motifs is 1. The molecule has 2 aromatic heterocycles. The average molecular weight is 421 g/mol. The van der Waals surface area contributed by atoms with Crippen LogP contribution >= 0.6 is 11.3 Å². The minimum absolute atomic E-state index is 0.104. The number of hydrogen-bond acceptors (Lipinski definition) is 5. The number of H-pyrrole nitrogens is 1. The van der Waals surface area contributed by atoms with Crippen LogP contribution in [0.25, 0.3) is 21.3 Å². The number of rotatable bonds is 5. The Balaban J connectivity index is 1.77. The lowest BCUT2D eigenvalue weighted by atomic mass is 9.99. The normalized spacial score (nSPS) is 11.1. The molecule has 0 aliphatic carbocycles. The molecule has 0 bridgehead atoms. The van der Waals surface area contributed by atoms with Gasteiger partial charge in [-0.2, -0.15) is 0 Å². The minimum atomic E-state index is -0.104.